The van der Waals surface area contributed by atoms with Crippen LogP contribution in [0.15, 0.2) is 0 Å². The highest BCUT2D eigenvalue weighted by molar-refractivity contribution is 5.74. The van der Waals surface area contributed by atoms with Crippen molar-refractivity contribution in [3.05, 3.63) is 0 Å². The van der Waals surface area contributed by atoms with E-state index >= 15 is 0 Å². The van der Waals surface area contributed by atoms with Gasteiger partial charge in [0.25, 0.3) is 0 Å². The summed E-state index contributed by atoms with van der Waals surface area (Å²) in [6, 6.07) is 0. The summed E-state index contributed by atoms with van der Waals surface area (Å²) in [4.78, 5) is 11.9. The van der Waals surface area contributed by atoms with E-state index in [0.717, 1.165) is 12.8 Å². The fraction of sp³-hybridized carbons (Fsp3) is 0.933. The Hall–Kier alpha value is -0.650. The number of aliphatic hydroxyl groups is 1. The van der Waals surface area contributed by atoms with E-state index in [2.05, 4.69) is 0 Å². The SMILES string of the molecule is C[C@@H]1C(=O)O[C@H]2C[C@]3(C)O[C@@H]3C[C@H](O)[C@@]3(C)O[C@H]3C[C@@H]21. The van der Waals surface area contributed by atoms with Crippen molar-refractivity contribution in [3.8, 4) is 0 Å². The van der Waals surface area contributed by atoms with E-state index < -0.39 is 11.7 Å². The number of hydrogen-bond donors (Lipinski definition) is 1. The van der Waals surface area contributed by atoms with Gasteiger partial charge in [0.2, 0.25) is 0 Å². The topological polar surface area (TPSA) is 71.6 Å². The summed E-state index contributed by atoms with van der Waals surface area (Å²) in [7, 11) is 0. The van der Waals surface area contributed by atoms with Gasteiger partial charge in [-0.25, -0.2) is 0 Å². The number of esters is 1. The van der Waals surface area contributed by atoms with E-state index in [1.807, 2.05) is 20.8 Å². The van der Waals surface area contributed by atoms with Crippen LogP contribution in [0.25, 0.3) is 0 Å². The Balaban J connectivity index is 1.62. The molecule has 3 heterocycles. The molecular formula is C15H22O5. The highest BCUT2D eigenvalue weighted by Crippen LogP contribution is 2.54. The minimum Gasteiger partial charge on any atom is -0.462 e. The lowest BCUT2D eigenvalue weighted by Gasteiger charge is -2.23. The lowest BCUT2D eigenvalue weighted by Crippen LogP contribution is -2.36. The molecule has 0 aromatic carbocycles. The molecule has 112 valence electrons. The highest BCUT2D eigenvalue weighted by Gasteiger charge is 2.65. The largest absolute Gasteiger partial charge is 0.462 e. The lowest BCUT2D eigenvalue weighted by molar-refractivity contribution is -0.144. The van der Waals surface area contributed by atoms with Crippen LogP contribution in [-0.4, -0.2) is 46.7 Å². The average molecular weight is 282 g/mol. The molecule has 0 unspecified atom stereocenters. The van der Waals surface area contributed by atoms with Gasteiger partial charge in [-0.2, -0.15) is 0 Å². The van der Waals surface area contributed by atoms with Crippen LogP contribution in [0.1, 0.15) is 40.0 Å². The van der Waals surface area contributed by atoms with Crippen LogP contribution < -0.4 is 0 Å². The van der Waals surface area contributed by atoms with E-state index in [4.69, 9.17) is 14.2 Å². The Bertz CT molecular complexity index is 465. The Morgan fingerprint density at radius 3 is 2.70 bits per heavy atom. The van der Waals surface area contributed by atoms with Crippen molar-refractivity contribution < 1.29 is 24.1 Å². The van der Waals surface area contributed by atoms with Crippen LogP contribution in [0.4, 0.5) is 0 Å². The number of aliphatic hydroxyl groups excluding tert-OH is 1. The number of rotatable bonds is 0. The number of hydrogen-bond acceptors (Lipinski definition) is 5. The van der Waals surface area contributed by atoms with Crippen LogP contribution in [0, 0.1) is 11.8 Å². The summed E-state index contributed by atoms with van der Waals surface area (Å²) in [5.74, 6) is -0.0323. The molecule has 0 aromatic rings. The summed E-state index contributed by atoms with van der Waals surface area (Å²) >= 11 is 0. The molecule has 0 amide bonds. The summed E-state index contributed by atoms with van der Waals surface area (Å²) in [5, 5.41) is 10.4. The van der Waals surface area contributed by atoms with Gasteiger partial charge in [0.1, 0.15) is 11.7 Å². The monoisotopic (exact) mass is 282 g/mol. The van der Waals surface area contributed by atoms with Crippen molar-refractivity contribution in [3.63, 3.8) is 0 Å². The van der Waals surface area contributed by atoms with Crippen molar-refractivity contribution in [2.75, 3.05) is 0 Å². The molecule has 4 rings (SSSR count). The summed E-state index contributed by atoms with van der Waals surface area (Å²) < 4.78 is 17.1. The molecule has 5 heteroatoms. The number of epoxide rings is 2. The third-order valence-corrected chi connectivity index (χ3v) is 5.96. The average Bonchev–Trinajstić information content (AvgIpc) is 3.18. The van der Waals surface area contributed by atoms with E-state index in [-0.39, 0.29) is 41.7 Å². The number of carbonyl (C=O) groups is 1. The molecule has 0 bridgehead atoms. The summed E-state index contributed by atoms with van der Waals surface area (Å²) in [6.07, 6.45) is 1.63. The van der Waals surface area contributed by atoms with Gasteiger partial charge in [-0.1, -0.05) is 6.92 Å². The van der Waals surface area contributed by atoms with Gasteiger partial charge in [-0.3, -0.25) is 4.79 Å². The van der Waals surface area contributed by atoms with Crippen molar-refractivity contribution >= 4 is 5.97 Å². The zero-order valence-electron chi connectivity index (χ0n) is 12.2. The molecule has 3 saturated heterocycles. The van der Waals surface area contributed by atoms with Crippen LogP contribution in [0.3, 0.4) is 0 Å². The Morgan fingerprint density at radius 2 is 1.95 bits per heavy atom. The van der Waals surface area contributed by atoms with Gasteiger partial charge in [-0.15, -0.1) is 0 Å². The Labute approximate surface area is 118 Å². The first-order chi connectivity index (χ1) is 9.33. The molecule has 4 aliphatic rings. The number of ether oxygens (including phenoxy) is 3. The Kier molecular flexibility index (Phi) is 2.45. The first-order valence-electron chi connectivity index (χ1n) is 7.58. The first-order valence-corrected chi connectivity index (χ1v) is 7.58. The number of fused-ring (bicyclic) bond motifs is 3. The maximum Gasteiger partial charge on any atom is 0.309 e. The molecule has 1 saturated carbocycles. The molecular weight excluding hydrogens is 260 g/mol. The van der Waals surface area contributed by atoms with Crippen LogP contribution in [-0.2, 0) is 19.0 Å². The third-order valence-electron chi connectivity index (χ3n) is 5.96. The van der Waals surface area contributed by atoms with E-state index in [1.54, 1.807) is 0 Å². The summed E-state index contributed by atoms with van der Waals surface area (Å²) in [5.41, 5.74) is -0.730. The minimum absolute atomic E-state index is 0.0325. The Morgan fingerprint density at radius 1 is 1.20 bits per heavy atom. The fourth-order valence-corrected chi connectivity index (χ4v) is 4.09. The summed E-state index contributed by atoms with van der Waals surface area (Å²) in [6.45, 7) is 5.94. The first kappa shape index (κ1) is 13.0. The normalized spacial score (nSPS) is 60.9. The molecule has 5 nitrogen and oxygen atoms in total. The van der Waals surface area contributed by atoms with E-state index in [1.165, 1.54) is 0 Å². The zero-order valence-corrected chi connectivity index (χ0v) is 12.2. The van der Waals surface area contributed by atoms with Crippen molar-refractivity contribution in [1.82, 2.24) is 0 Å². The van der Waals surface area contributed by atoms with Gasteiger partial charge in [-0.05, 0) is 20.3 Å². The molecule has 1 aliphatic carbocycles. The van der Waals surface area contributed by atoms with Crippen molar-refractivity contribution in [2.45, 2.75) is 75.7 Å². The van der Waals surface area contributed by atoms with Gasteiger partial charge in [0, 0.05) is 18.8 Å². The van der Waals surface area contributed by atoms with Gasteiger partial charge in [0.05, 0.1) is 29.8 Å². The molecule has 0 aromatic heterocycles. The van der Waals surface area contributed by atoms with E-state index in [9.17, 15) is 9.90 Å². The second kappa shape index (κ2) is 3.76. The molecule has 1 N–H and O–H groups in total. The minimum atomic E-state index is -0.496. The maximum absolute atomic E-state index is 11.9. The molecule has 20 heavy (non-hydrogen) atoms. The van der Waals surface area contributed by atoms with Gasteiger partial charge < -0.3 is 19.3 Å². The lowest BCUT2D eigenvalue weighted by atomic mass is 9.79. The zero-order chi connectivity index (χ0) is 14.3. The van der Waals surface area contributed by atoms with Gasteiger partial charge in [0.15, 0.2) is 0 Å². The second-order valence-corrected chi connectivity index (χ2v) is 7.33. The van der Waals surface area contributed by atoms with Crippen LogP contribution >= 0.6 is 0 Å². The van der Waals surface area contributed by atoms with Crippen molar-refractivity contribution in [1.29, 1.82) is 0 Å². The standard InChI is InChI=1S/C15H22O5/c1-7-8-4-12-15(3,20-12)10(16)5-11-14(2,19-11)6-9(8)18-13(7)17/h7-12,16H,4-6H2,1-3H3/t7-,8+,9-,10-,11+,12-,14-,15+/m0/s1. The molecule has 0 spiro atoms. The van der Waals surface area contributed by atoms with E-state index in [0.29, 0.717) is 6.42 Å². The van der Waals surface area contributed by atoms with Gasteiger partial charge >= 0.3 is 5.97 Å². The highest BCUT2D eigenvalue weighted by atomic mass is 16.6. The molecule has 8 atom stereocenters. The third kappa shape index (κ3) is 1.69. The maximum atomic E-state index is 11.9. The predicted molar refractivity (Wildman–Crippen MR) is 68.9 cm³/mol. The molecule has 0 radical (unpaired) electrons. The predicted octanol–water partition coefficient (Wildman–Crippen LogP) is 1.02. The smallest absolute Gasteiger partial charge is 0.309 e. The quantitative estimate of drug-likeness (QED) is 0.530. The molecule has 3 aliphatic heterocycles. The van der Waals surface area contributed by atoms with Crippen molar-refractivity contribution in [2.24, 2.45) is 11.8 Å². The van der Waals surface area contributed by atoms with Crippen LogP contribution in [0.2, 0.25) is 0 Å². The number of carbonyl (C=O) groups excluding carboxylic acids is 1. The molecule has 4 fully saturated rings. The van der Waals surface area contributed by atoms with Crippen LogP contribution in [0.5, 0.6) is 0 Å². The second-order valence-electron chi connectivity index (χ2n) is 7.33. The fourth-order valence-electron chi connectivity index (χ4n) is 4.09.